The van der Waals surface area contributed by atoms with Gasteiger partial charge in [0.15, 0.2) is 16.8 Å². The van der Waals surface area contributed by atoms with Crippen molar-refractivity contribution in [3.05, 3.63) is 53.6 Å². The molecular formula is C17H15F2N3O2S. The average Bonchev–Trinajstić information content (AvgIpc) is 3.00. The molecule has 0 atom stereocenters. The van der Waals surface area contributed by atoms with Gasteiger partial charge in [0.05, 0.1) is 23.9 Å². The van der Waals surface area contributed by atoms with Crippen molar-refractivity contribution in [2.45, 2.75) is 11.7 Å². The molecule has 1 heterocycles. The minimum Gasteiger partial charge on any atom is -0.497 e. The fraction of sp³-hybridized carbons (Fsp3) is 0.176. The summed E-state index contributed by atoms with van der Waals surface area (Å²) in [5.41, 5.74) is 1.66. The molecule has 0 fully saturated rings. The molecule has 130 valence electrons. The number of methoxy groups -OCH3 is 1. The Kier molecular flexibility index (Phi) is 5.18. The number of H-pyrrole nitrogens is 1. The van der Waals surface area contributed by atoms with E-state index in [9.17, 15) is 13.6 Å². The molecule has 0 unspecified atom stereocenters. The molecule has 25 heavy (non-hydrogen) atoms. The number of fused-ring (bicyclic) bond motifs is 1. The van der Waals surface area contributed by atoms with E-state index in [1.54, 1.807) is 7.11 Å². The molecule has 3 rings (SSSR count). The molecule has 5 nitrogen and oxygen atoms in total. The Morgan fingerprint density at radius 1 is 1.24 bits per heavy atom. The van der Waals surface area contributed by atoms with E-state index in [1.807, 2.05) is 24.3 Å². The second-order valence-corrected chi connectivity index (χ2v) is 6.20. The Labute approximate surface area is 146 Å². The SMILES string of the molecule is COc1ccc(CNC(=O)CSc2nc3cc(F)c(F)cc3[nH]2)cc1. The highest BCUT2D eigenvalue weighted by Crippen LogP contribution is 2.21. The molecule has 0 bridgehead atoms. The van der Waals surface area contributed by atoms with Gasteiger partial charge in [-0.05, 0) is 17.7 Å². The number of halogens is 2. The van der Waals surface area contributed by atoms with E-state index in [0.717, 1.165) is 35.2 Å². The molecule has 2 aromatic carbocycles. The summed E-state index contributed by atoms with van der Waals surface area (Å²) >= 11 is 1.16. The zero-order valence-corrected chi connectivity index (χ0v) is 14.1. The summed E-state index contributed by atoms with van der Waals surface area (Å²) in [5.74, 6) is -1.17. The Morgan fingerprint density at radius 2 is 1.96 bits per heavy atom. The van der Waals surface area contributed by atoms with Crippen LogP contribution in [0.1, 0.15) is 5.56 Å². The third kappa shape index (κ3) is 4.27. The lowest BCUT2D eigenvalue weighted by Gasteiger charge is -2.05. The van der Waals surface area contributed by atoms with Gasteiger partial charge in [0, 0.05) is 18.7 Å². The van der Waals surface area contributed by atoms with E-state index in [-0.39, 0.29) is 11.7 Å². The molecule has 1 amide bonds. The number of ether oxygens (including phenoxy) is 1. The number of amides is 1. The monoisotopic (exact) mass is 363 g/mol. The van der Waals surface area contributed by atoms with Crippen LogP contribution in [0.4, 0.5) is 8.78 Å². The summed E-state index contributed by atoms with van der Waals surface area (Å²) in [4.78, 5) is 18.9. The fourth-order valence-corrected chi connectivity index (χ4v) is 2.89. The number of aromatic nitrogens is 2. The summed E-state index contributed by atoms with van der Waals surface area (Å²) < 4.78 is 31.4. The van der Waals surface area contributed by atoms with Gasteiger partial charge in [0.25, 0.3) is 0 Å². The maximum Gasteiger partial charge on any atom is 0.230 e. The number of rotatable bonds is 6. The molecule has 0 aliphatic heterocycles. The van der Waals surface area contributed by atoms with E-state index in [0.29, 0.717) is 22.7 Å². The topological polar surface area (TPSA) is 67.0 Å². The highest BCUT2D eigenvalue weighted by Gasteiger charge is 2.10. The predicted octanol–water partition coefficient (Wildman–Crippen LogP) is 3.26. The predicted molar refractivity (Wildman–Crippen MR) is 91.6 cm³/mol. The first-order valence-corrected chi connectivity index (χ1v) is 8.41. The van der Waals surface area contributed by atoms with Gasteiger partial charge in [-0.3, -0.25) is 4.79 Å². The largest absolute Gasteiger partial charge is 0.497 e. The van der Waals surface area contributed by atoms with Crippen LogP contribution in [0, 0.1) is 11.6 Å². The number of hydrogen-bond donors (Lipinski definition) is 2. The van der Waals surface area contributed by atoms with Gasteiger partial charge < -0.3 is 15.0 Å². The Hall–Kier alpha value is -2.61. The maximum atomic E-state index is 13.2. The summed E-state index contributed by atoms with van der Waals surface area (Å²) in [6.45, 7) is 0.403. The Morgan fingerprint density at radius 3 is 2.68 bits per heavy atom. The minimum atomic E-state index is -0.951. The van der Waals surface area contributed by atoms with E-state index in [2.05, 4.69) is 15.3 Å². The van der Waals surface area contributed by atoms with E-state index in [4.69, 9.17) is 4.74 Å². The van der Waals surface area contributed by atoms with Crippen LogP contribution in [0.2, 0.25) is 0 Å². The third-order valence-electron chi connectivity index (χ3n) is 3.49. The van der Waals surface area contributed by atoms with Crippen molar-refractivity contribution in [2.24, 2.45) is 0 Å². The van der Waals surface area contributed by atoms with Crippen molar-refractivity contribution in [1.29, 1.82) is 0 Å². The van der Waals surface area contributed by atoms with E-state index in [1.165, 1.54) is 0 Å². The van der Waals surface area contributed by atoms with Gasteiger partial charge in [-0.15, -0.1) is 0 Å². The molecule has 1 aromatic heterocycles. The second-order valence-electron chi connectivity index (χ2n) is 5.24. The Bertz CT molecular complexity index is 858. The lowest BCUT2D eigenvalue weighted by atomic mass is 10.2. The summed E-state index contributed by atoms with van der Waals surface area (Å²) in [5, 5.41) is 3.23. The van der Waals surface area contributed by atoms with Crippen molar-refractivity contribution in [3.8, 4) is 5.75 Å². The highest BCUT2D eigenvalue weighted by atomic mass is 32.2. The molecule has 2 N–H and O–H groups in total. The average molecular weight is 363 g/mol. The lowest BCUT2D eigenvalue weighted by Crippen LogP contribution is -2.24. The standard InChI is InChI=1S/C17H15F2N3O2S/c1-24-11-4-2-10(3-5-11)8-20-16(23)9-25-17-21-14-6-12(18)13(19)7-15(14)22-17/h2-7H,8-9H2,1H3,(H,20,23)(H,21,22). The molecule has 0 saturated heterocycles. The van der Waals surface area contributed by atoms with E-state index < -0.39 is 11.6 Å². The number of hydrogen-bond acceptors (Lipinski definition) is 4. The van der Waals surface area contributed by atoms with Crippen molar-refractivity contribution < 1.29 is 18.3 Å². The van der Waals surface area contributed by atoms with Crippen LogP contribution in [-0.2, 0) is 11.3 Å². The number of imidazole rings is 1. The number of nitrogens with zero attached hydrogens (tertiary/aromatic N) is 1. The van der Waals surface area contributed by atoms with Crippen LogP contribution >= 0.6 is 11.8 Å². The molecule has 0 aliphatic rings. The molecule has 0 saturated carbocycles. The number of aromatic amines is 1. The third-order valence-corrected chi connectivity index (χ3v) is 4.36. The number of carbonyl (C=O) groups excluding carboxylic acids is 1. The number of carbonyl (C=O) groups is 1. The minimum absolute atomic E-state index is 0.140. The molecule has 3 aromatic rings. The molecule has 8 heteroatoms. The molecule has 0 aliphatic carbocycles. The van der Waals surface area contributed by atoms with Gasteiger partial charge in [0.2, 0.25) is 5.91 Å². The smallest absolute Gasteiger partial charge is 0.230 e. The maximum absolute atomic E-state index is 13.2. The number of nitrogens with one attached hydrogen (secondary N) is 2. The van der Waals surface area contributed by atoms with Crippen LogP contribution < -0.4 is 10.1 Å². The first kappa shape index (κ1) is 17.2. The van der Waals surface area contributed by atoms with Crippen LogP contribution in [0.25, 0.3) is 11.0 Å². The molecular weight excluding hydrogens is 348 g/mol. The summed E-state index contributed by atoms with van der Waals surface area (Å²) in [7, 11) is 1.59. The van der Waals surface area contributed by atoms with Crippen LogP contribution in [0.5, 0.6) is 5.75 Å². The normalized spacial score (nSPS) is 10.8. The van der Waals surface area contributed by atoms with E-state index >= 15 is 0 Å². The first-order chi connectivity index (χ1) is 12.0. The van der Waals surface area contributed by atoms with Gasteiger partial charge in [0.1, 0.15) is 5.75 Å². The first-order valence-electron chi connectivity index (χ1n) is 7.42. The van der Waals surface area contributed by atoms with Crippen LogP contribution in [-0.4, -0.2) is 28.7 Å². The number of benzene rings is 2. The van der Waals surface area contributed by atoms with Crippen molar-refractivity contribution in [2.75, 3.05) is 12.9 Å². The highest BCUT2D eigenvalue weighted by molar-refractivity contribution is 7.99. The molecule has 0 radical (unpaired) electrons. The van der Waals surface area contributed by atoms with Crippen molar-refractivity contribution in [3.63, 3.8) is 0 Å². The second kappa shape index (κ2) is 7.52. The van der Waals surface area contributed by atoms with Gasteiger partial charge in [-0.25, -0.2) is 13.8 Å². The Balaban J connectivity index is 1.53. The van der Waals surface area contributed by atoms with Crippen molar-refractivity contribution >= 4 is 28.7 Å². The van der Waals surface area contributed by atoms with Gasteiger partial charge in [-0.2, -0.15) is 0 Å². The fourth-order valence-electron chi connectivity index (χ4n) is 2.18. The molecule has 0 spiro atoms. The lowest BCUT2D eigenvalue weighted by molar-refractivity contribution is -0.118. The van der Waals surface area contributed by atoms with Crippen LogP contribution in [0.3, 0.4) is 0 Å². The summed E-state index contributed by atoms with van der Waals surface area (Å²) in [6, 6.07) is 9.45. The van der Waals surface area contributed by atoms with Crippen LogP contribution in [0.15, 0.2) is 41.6 Å². The zero-order valence-electron chi connectivity index (χ0n) is 13.3. The van der Waals surface area contributed by atoms with Gasteiger partial charge >= 0.3 is 0 Å². The van der Waals surface area contributed by atoms with Crippen molar-refractivity contribution in [1.82, 2.24) is 15.3 Å². The quantitative estimate of drug-likeness (QED) is 0.660. The van der Waals surface area contributed by atoms with Gasteiger partial charge in [-0.1, -0.05) is 23.9 Å². The zero-order chi connectivity index (χ0) is 17.8. The number of thioether (sulfide) groups is 1. The summed E-state index contributed by atoms with van der Waals surface area (Å²) in [6.07, 6.45) is 0.